The molecule has 0 radical (unpaired) electrons. The maximum absolute atomic E-state index is 5.44. The van der Waals surface area contributed by atoms with E-state index >= 15 is 0 Å². The van der Waals surface area contributed by atoms with Crippen LogP contribution in [0, 0.1) is 5.92 Å². The van der Waals surface area contributed by atoms with Gasteiger partial charge in [-0.25, -0.2) is 0 Å². The van der Waals surface area contributed by atoms with Crippen molar-refractivity contribution in [2.45, 2.75) is 33.2 Å². The summed E-state index contributed by atoms with van der Waals surface area (Å²) in [5.74, 6) is 0.597. The minimum atomic E-state index is 0.597. The van der Waals surface area contributed by atoms with Crippen molar-refractivity contribution in [1.82, 2.24) is 15.0 Å². The average molecular weight is 273 g/mol. The molecule has 18 heavy (non-hydrogen) atoms. The Balaban J connectivity index is 2.06. The molecular formula is C12H23N3O2S. The van der Waals surface area contributed by atoms with Gasteiger partial charge >= 0.3 is 0 Å². The van der Waals surface area contributed by atoms with E-state index in [1.54, 1.807) is 0 Å². The van der Waals surface area contributed by atoms with Crippen molar-refractivity contribution < 1.29 is 8.92 Å². The molecular weight excluding hydrogens is 250 g/mol. The highest BCUT2D eigenvalue weighted by molar-refractivity contribution is 7.93. The Morgan fingerprint density at radius 2 is 2.17 bits per heavy atom. The Bertz CT molecular complexity index is 318. The van der Waals surface area contributed by atoms with Gasteiger partial charge in [0.2, 0.25) is 0 Å². The van der Waals surface area contributed by atoms with Crippen LogP contribution in [0.2, 0.25) is 0 Å². The van der Waals surface area contributed by atoms with Crippen LogP contribution in [0.15, 0.2) is 6.20 Å². The number of aryl methyl sites for hydroxylation is 1. The van der Waals surface area contributed by atoms with Crippen molar-refractivity contribution in [3.63, 3.8) is 0 Å². The first-order valence-electron chi connectivity index (χ1n) is 6.34. The summed E-state index contributed by atoms with van der Waals surface area (Å²) < 4.78 is 12.4. The van der Waals surface area contributed by atoms with Crippen LogP contribution in [0.4, 0.5) is 0 Å². The second-order valence-electron chi connectivity index (χ2n) is 4.53. The van der Waals surface area contributed by atoms with Crippen molar-refractivity contribution in [3.8, 4) is 0 Å². The summed E-state index contributed by atoms with van der Waals surface area (Å²) in [6.45, 7) is 7.31. The Morgan fingerprint density at radius 1 is 1.33 bits per heavy atom. The molecule has 1 heterocycles. The molecule has 0 saturated carbocycles. The predicted octanol–water partition coefficient (Wildman–Crippen LogP) is 2.18. The zero-order chi connectivity index (χ0) is 13.2. The normalized spacial score (nSPS) is 11.3. The van der Waals surface area contributed by atoms with Crippen LogP contribution in [0.5, 0.6) is 0 Å². The van der Waals surface area contributed by atoms with Crippen LogP contribution in [-0.4, -0.2) is 41.1 Å². The fraction of sp³-hybridized carbons (Fsp3) is 0.833. The highest BCUT2D eigenvalue weighted by Crippen LogP contribution is 2.02. The monoisotopic (exact) mass is 273 g/mol. The number of rotatable bonds is 10. The second-order valence-corrected chi connectivity index (χ2v) is 5.10. The molecule has 0 bridgehead atoms. The van der Waals surface area contributed by atoms with Crippen molar-refractivity contribution in [2.24, 2.45) is 5.92 Å². The van der Waals surface area contributed by atoms with E-state index in [0.717, 1.165) is 31.7 Å². The molecule has 0 aromatic carbocycles. The summed E-state index contributed by atoms with van der Waals surface area (Å²) in [6, 6.07) is 0. The lowest BCUT2D eigenvalue weighted by Crippen LogP contribution is -2.04. The summed E-state index contributed by atoms with van der Waals surface area (Å²) in [6.07, 6.45) is 5.82. The average Bonchev–Trinajstić information content (AvgIpc) is 2.75. The van der Waals surface area contributed by atoms with Gasteiger partial charge in [-0.1, -0.05) is 19.1 Å². The third-order valence-corrected chi connectivity index (χ3v) is 2.69. The Kier molecular flexibility index (Phi) is 8.04. The van der Waals surface area contributed by atoms with Gasteiger partial charge in [-0.15, -0.1) is 5.10 Å². The van der Waals surface area contributed by atoms with E-state index in [0.29, 0.717) is 19.1 Å². The zero-order valence-electron chi connectivity index (χ0n) is 11.5. The van der Waals surface area contributed by atoms with Gasteiger partial charge in [-0.2, -0.15) is 0 Å². The predicted molar refractivity (Wildman–Crippen MR) is 73.5 cm³/mol. The Hall–Kier alpha value is -0.590. The lowest BCUT2D eigenvalue weighted by Gasteiger charge is -2.03. The standard InChI is InChI=1S/C12H23N3O2S/c1-11(2)9-15-10-12(13-14-15)5-4-6-16-7-8-17-18-3/h10-11H,4-9H2,1-3H3. The summed E-state index contributed by atoms with van der Waals surface area (Å²) in [7, 11) is 0. The number of ether oxygens (including phenoxy) is 1. The molecule has 1 aromatic rings. The molecule has 1 rings (SSSR count). The van der Waals surface area contributed by atoms with Crippen LogP contribution >= 0.6 is 12.0 Å². The first-order valence-corrected chi connectivity index (χ1v) is 7.49. The molecule has 1 aromatic heterocycles. The molecule has 0 fully saturated rings. The molecule has 104 valence electrons. The first-order chi connectivity index (χ1) is 8.72. The molecule has 0 amide bonds. The van der Waals surface area contributed by atoms with Crippen LogP contribution < -0.4 is 0 Å². The fourth-order valence-electron chi connectivity index (χ4n) is 1.55. The quantitative estimate of drug-likeness (QED) is 0.483. The summed E-state index contributed by atoms with van der Waals surface area (Å²) >= 11 is 1.37. The van der Waals surface area contributed by atoms with Crippen molar-refractivity contribution in [1.29, 1.82) is 0 Å². The smallest absolute Gasteiger partial charge is 0.0847 e. The lowest BCUT2D eigenvalue weighted by molar-refractivity contribution is 0.105. The van der Waals surface area contributed by atoms with Crippen molar-refractivity contribution in [2.75, 3.05) is 26.1 Å². The van der Waals surface area contributed by atoms with E-state index < -0.39 is 0 Å². The lowest BCUT2D eigenvalue weighted by atomic mass is 10.2. The molecule has 5 nitrogen and oxygen atoms in total. The van der Waals surface area contributed by atoms with Gasteiger partial charge in [0.1, 0.15) is 0 Å². The summed E-state index contributed by atoms with van der Waals surface area (Å²) in [5.41, 5.74) is 1.04. The van der Waals surface area contributed by atoms with Crippen molar-refractivity contribution in [3.05, 3.63) is 11.9 Å². The maximum atomic E-state index is 5.44. The third kappa shape index (κ3) is 6.98. The first kappa shape index (κ1) is 15.5. The zero-order valence-corrected chi connectivity index (χ0v) is 12.3. The van der Waals surface area contributed by atoms with Gasteiger partial charge in [-0.3, -0.25) is 4.68 Å². The minimum Gasteiger partial charge on any atom is -0.379 e. The second kappa shape index (κ2) is 9.35. The van der Waals surface area contributed by atoms with Gasteiger partial charge in [0.05, 0.1) is 18.9 Å². The molecule has 0 unspecified atom stereocenters. The van der Waals surface area contributed by atoms with Gasteiger partial charge in [-0.05, 0) is 30.8 Å². The van der Waals surface area contributed by atoms with Gasteiger partial charge < -0.3 is 8.92 Å². The van der Waals surface area contributed by atoms with Crippen LogP contribution in [-0.2, 0) is 21.9 Å². The summed E-state index contributed by atoms with van der Waals surface area (Å²) in [4.78, 5) is 0. The molecule has 0 atom stereocenters. The molecule has 0 aliphatic heterocycles. The van der Waals surface area contributed by atoms with E-state index in [-0.39, 0.29) is 0 Å². The molecule has 0 aliphatic carbocycles. The number of nitrogens with zero attached hydrogens (tertiary/aromatic N) is 3. The number of hydrogen-bond donors (Lipinski definition) is 0. The van der Waals surface area contributed by atoms with E-state index in [1.807, 2.05) is 17.1 Å². The van der Waals surface area contributed by atoms with E-state index in [1.165, 1.54) is 12.0 Å². The largest absolute Gasteiger partial charge is 0.379 e. The molecule has 0 aliphatic rings. The summed E-state index contributed by atoms with van der Waals surface area (Å²) in [5, 5.41) is 8.24. The maximum Gasteiger partial charge on any atom is 0.0847 e. The van der Waals surface area contributed by atoms with Crippen molar-refractivity contribution >= 4 is 12.0 Å². The molecule has 6 heteroatoms. The SMILES string of the molecule is CSOCCOCCCc1cn(CC(C)C)nn1. The molecule has 0 N–H and O–H groups in total. The van der Waals surface area contributed by atoms with Crippen LogP contribution in [0.1, 0.15) is 26.0 Å². The fourth-order valence-corrected chi connectivity index (χ4v) is 1.78. The minimum absolute atomic E-state index is 0.597. The Labute approximate surface area is 113 Å². The van der Waals surface area contributed by atoms with Gasteiger partial charge in [0.15, 0.2) is 0 Å². The highest BCUT2D eigenvalue weighted by Gasteiger charge is 2.02. The topological polar surface area (TPSA) is 49.2 Å². The van der Waals surface area contributed by atoms with E-state index in [4.69, 9.17) is 8.92 Å². The van der Waals surface area contributed by atoms with E-state index in [9.17, 15) is 0 Å². The van der Waals surface area contributed by atoms with Crippen LogP contribution in [0.3, 0.4) is 0 Å². The van der Waals surface area contributed by atoms with Gasteiger partial charge in [0, 0.05) is 25.6 Å². The number of aromatic nitrogens is 3. The van der Waals surface area contributed by atoms with E-state index in [2.05, 4.69) is 24.2 Å². The van der Waals surface area contributed by atoms with Crippen LogP contribution in [0.25, 0.3) is 0 Å². The van der Waals surface area contributed by atoms with Gasteiger partial charge in [0.25, 0.3) is 0 Å². The highest BCUT2D eigenvalue weighted by atomic mass is 32.2. The number of hydrogen-bond acceptors (Lipinski definition) is 5. The third-order valence-electron chi connectivity index (χ3n) is 2.29. The molecule has 0 spiro atoms. The molecule has 0 saturated heterocycles. The Morgan fingerprint density at radius 3 is 2.89 bits per heavy atom.